The number of aryl methyl sites for hydroxylation is 1. The van der Waals surface area contributed by atoms with Gasteiger partial charge in [-0.1, -0.05) is 17.7 Å². The van der Waals surface area contributed by atoms with Crippen molar-refractivity contribution in [3.8, 4) is 22.9 Å². The number of aromatic nitrogens is 2. The molecule has 2 aromatic carbocycles. The molecule has 1 aliphatic heterocycles. The smallest absolute Gasteiger partial charge is 0.254 e. The number of likely N-dealkylation sites (tertiary alicyclic amines) is 1. The lowest BCUT2D eigenvalue weighted by molar-refractivity contribution is 0.0635. The summed E-state index contributed by atoms with van der Waals surface area (Å²) in [7, 11) is 0. The highest BCUT2D eigenvalue weighted by Crippen LogP contribution is 2.25. The third-order valence-corrected chi connectivity index (χ3v) is 5.17. The third kappa shape index (κ3) is 3.63. The lowest BCUT2D eigenvalue weighted by atomic mass is 10.0. The van der Waals surface area contributed by atoms with Crippen LogP contribution in [0.2, 0.25) is 0 Å². The van der Waals surface area contributed by atoms with Crippen molar-refractivity contribution in [3.05, 3.63) is 59.7 Å². The van der Waals surface area contributed by atoms with Crippen molar-refractivity contribution in [1.29, 1.82) is 0 Å². The van der Waals surface area contributed by atoms with Gasteiger partial charge in [0.25, 0.3) is 5.91 Å². The van der Waals surface area contributed by atoms with Gasteiger partial charge in [-0.25, -0.2) is 0 Å². The lowest BCUT2D eigenvalue weighted by Crippen LogP contribution is -2.41. The first kappa shape index (κ1) is 17.5. The molecule has 2 heterocycles. The molecule has 0 N–H and O–H groups in total. The molecule has 1 saturated heterocycles. The van der Waals surface area contributed by atoms with E-state index in [2.05, 4.69) is 17.1 Å². The van der Waals surface area contributed by atoms with E-state index < -0.39 is 0 Å². The number of hydrogen-bond acceptors (Lipinski definition) is 4. The summed E-state index contributed by atoms with van der Waals surface area (Å²) >= 11 is 0. The van der Waals surface area contributed by atoms with Gasteiger partial charge >= 0.3 is 0 Å². The van der Waals surface area contributed by atoms with Gasteiger partial charge in [0.05, 0.1) is 0 Å². The molecule has 1 unspecified atom stereocenters. The van der Waals surface area contributed by atoms with Crippen LogP contribution in [0.4, 0.5) is 0 Å². The molecule has 1 aromatic heterocycles. The van der Waals surface area contributed by atoms with E-state index in [4.69, 9.17) is 4.42 Å². The first-order chi connectivity index (χ1) is 13.1. The van der Waals surface area contributed by atoms with Crippen LogP contribution in [0.5, 0.6) is 0 Å². The molecular formula is C22H23N3O2. The highest BCUT2D eigenvalue weighted by atomic mass is 16.4. The molecule has 138 valence electrons. The van der Waals surface area contributed by atoms with Crippen LogP contribution in [-0.2, 0) is 0 Å². The van der Waals surface area contributed by atoms with Gasteiger partial charge in [0, 0.05) is 29.3 Å². The summed E-state index contributed by atoms with van der Waals surface area (Å²) in [6.07, 6.45) is 3.36. The average Bonchev–Trinajstić information content (AvgIpc) is 3.19. The summed E-state index contributed by atoms with van der Waals surface area (Å²) in [5.41, 5.74) is 3.59. The number of hydrogen-bond donors (Lipinski definition) is 0. The van der Waals surface area contributed by atoms with Crippen LogP contribution < -0.4 is 0 Å². The molecule has 1 atom stereocenters. The van der Waals surface area contributed by atoms with Crippen molar-refractivity contribution < 1.29 is 9.21 Å². The molecule has 27 heavy (non-hydrogen) atoms. The SMILES string of the molecule is Cc1ccc(-c2nnc(-c3ccc(C(=O)N4CCCCC4C)cc3)o2)cc1. The monoisotopic (exact) mass is 361 g/mol. The minimum Gasteiger partial charge on any atom is -0.416 e. The van der Waals surface area contributed by atoms with Crippen LogP contribution in [0.3, 0.4) is 0 Å². The second-order valence-corrected chi connectivity index (χ2v) is 7.20. The first-order valence-corrected chi connectivity index (χ1v) is 9.44. The summed E-state index contributed by atoms with van der Waals surface area (Å²) < 4.78 is 5.81. The van der Waals surface area contributed by atoms with Crippen LogP contribution in [0.25, 0.3) is 22.9 Å². The first-order valence-electron chi connectivity index (χ1n) is 9.44. The fourth-order valence-electron chi connectivity index (χ4n) is 3.47. The van der Waals surface area contributed by atoms with Crippen LogP contribution in [0.15, 0.2) is 52.9 Å². The lowest BCUT2D eigenvalue weighted by Gasteiger charge is -2.33. The fourth-order valence-corrected chi connectivity index (χ4v) is 3.47. The zero-order chi connectivity index (χ0) is 18.8. The molecule has 4 rings (SSSR count). The van der Waals surface area contributed by atoms with Crippen molar-refractivity contribution in [2.45, 2.75) is 39.2 Å². The molecule has 0 bridgehead atoms. The second kappa shape index (κ2) is 7.35. The van der Waals surface area contributed by atoms with Crippen LogP contribution in [0, 0.1) is 6.92 Å². The maximum absolute atomic E-state index is 12.7. The Morgan fingerprint density at radius 2 is 1.56 bits per heavy atom. The summed E-state index contributed by atoms with van der Waals surface area (Å²) in [5, 5.41) is 8.29. The predicted molar refractivity (Wildman–Crippen MR) is 104 cm³/mol. The van der Waals surface area contributed by atoms with Gasteiger partial charge in [0.2, 0.25) is 11.8 Å². The van der Waals surface area contributed by atoms with E-state index in [1.807, 2.05) is 60.4 Å². The zero-order valence-electron chi connectivity index (χ0n) is 15.7. The van der Waals surface area contributed by atoms with Crippen molar-refractivity contribution in [3.63, 3.8) is 0 Å². The zero-order valence-corrected chi connectivity index (χ0v) is 15.7. The predicted octanol–water partition coefficient (Wildman–Crippen LogP) is 4.73. The molecule has 0 saturated carbocycles. The van der Waals surface area contributed by atoms with Gasteiger partial charge in [-0.2, -0.15) is 0 Å². The highest BCUT2D eigenvalue weighted by Gasteiger charge is 2.24. The van der Waals surface area contributed by atoms with Crippen molar-refractivity contribution in [2.75, 3.05) is 6.54 Å². The van der Waals surface area contributed by atoms with E-state index >= 15 is 0 Å². The fraction of sp³-hybridized carbons (Fsp3) is 0.318. The van der Waals surface area contributed by atoms with E-state index in [1.165, 1.54) is 12.0 Å². The van der Waals surface area contributed by atoms with Gasteiger partial charge in [0.15, 0.2) is 0 Å². The van der Waals surface area contributed by atoms with Crippen LogP contribution in [-0.4, -0.2) is 33.6 Å². The summed E-state index contributed by atoms with van der Waals surface area (Å²) in [4.78, 5) is 14.7. The van der Waals surface area contributed by atoms with Gasteiger partial charge < -0.3 is 9.32 Å². The molecular weight excluding hydrogens is 338 g/mol. The van der Waals surface area contributed by atoms with Gasteiger partial charge in [-0.15, -0.1) is 10.2 Å². The molecule has 3 aromatic rings. The normalized spacial score (nSPS) is 17.1. The standard InChI is InChI=1S/C22H23N3O2/c1-15-6-8-17(9-7-15)20-23-24-21(27-20)18-10-12-19(13-11-18)22(26)25-14-4-3-5-16(25)2/h6-13,16H,3-5,14H2,1-2H3. The number of piperidine rings is 1. The van der Waals surface area contributed by atoms with E-state index in [0.29, 0.717) is 23.4 Å². The Morgan fingerprint density at radius 1 is 0.963 bits per heavy atom. The Hall–Kier alpha value is -2.95. The second-order valence-electron chi connectivity index (χ2n) is 7.20. The van der Waals surface area contributed by atoms with Crippen molar-refractivity contribution >= 4 is 5.91 Å². The van der Waals surface area contributed by atoms with Gasteiger partial charge in [-0.3, -0.25) is 4.79 Å². The van der Waals surface area contributed by atoms with E-state index in [0.717, 1.165) is 30.5 Å². The number of benzene rings is 2. The van der Waals surface area contributed by atoms with Crippen LogP contribution >= 0.6 is 0 Å². The van der Waals surface area contributed by atoms with Crippen LogP contribution in [0.1, 0.15) is 42.1 Å². The molecule has 1 fully saturated rings. The molecule has 0 spiro atoms. The number of nitrogens with zero attached hydrogens (tertiary/aromatic N) is 3. The number of carbonyl (C=O) groups excluding carboxylic acids is 1. The summed E-state index contributed by atoms with van der Waals surface area (Å²) in [6, 6.07) is 15.7. The molecule has 1 amide bonds. The van der Waals surface area contributed by atoms with Gasteiger partial charge in [-0.05, 0) is 69.5 Å². The molecule has 5 nitrogen and oxygen atoms in total. The Balaban J connectivity index is 1.52. The van der Waals surface area contributed by atoms with E-state index in [9.17, 15) is 4.79 Å². The van der Waals surface area contributed by atoms with E-state index in [1.54, 1.807) is 0 Å². The number of rotatable bonds is 3. The molecule has 5 heteroatoms. The Labute approximate surface area is 159 Å². The molecule has 0 aliphatic carbocycles. The largest absolute Gasteiger partial charge is 0.416 e. The number of amides is 1. The highest BCUT2D eigenvalue weighted by molar-refractivity contribution is 5.94. The Bertz CT molecular complexity index is 929. The molecule has 0 radical (unpaired) electrons. The Morgan fingerprint density at radius 3 is 2.15 bits per heavy atom. The maximum Gasteiger partial charge on any atom is 0.254 e. The van der Waals surface area contributed by atoms with E-state index in [-0.39, 0.29) is 5.91 Å². The minimum atomic E-state index is 0.0969. The Kier molecular flexibility index (Phi) is 4.75. The van der Waals surface area contributed by atoms with Gasteiger partial charge in [0.1, 0.15) is 0 Å². The minimum absolute atomic E-state index is 0.0969. The van der Waals surface area contributed by atoms with Crippen molar-refractivity contribution in [2.24, 2.45) is 0 Å². The quantitative estimate of drug-likeness (QED) is 0.677. The third-order valence-electron chi connectivity index (χ3n) is 5.17. The molecule has 1 aliphatic rings. The maximum atomic E-state index is 12.7. The topological polar surface area (TPSA) is 59.2 Å². The van der Waals surface area contributed by atoms with Crippen molar-refractivity contribution in [1.82, 2.24) is 15.1 Å². The summed E-state index contributed by atoms with van der Waals surface area (Å²) in [6.45, 7) is 5.00. The number of carbonyl (C=O) groups is 1. The average molecular weight is 361 g/mol. The summed E-state index contributed by atoms with van der Waals surface area (Å²) in [5.74, 6) is 1.04.